The van der Waals surface area contributed by atoms with Crippen LogP contribution in [0.25, 0.3) is 10.9 Å². The third-order valence-electron chi connectivity index (χ3n) is 5.80. The van der Waals surface area contributed by atoms with Crippen LogP contribution in [0.4, 0.5) is 0 Å². The molecule has 1 aliphatic carbocycles. The molecule has 2 heterocycles. The van der Waals surface area contributed by atoms with Gasteiger partial charge in [-0.3, -0.25) is 14.2 Å². The van der Waals surface area contributed by atoms with Crippen LogP contribution in [0.1, 0.15) is 55.3 Å². The first kappa shape index (κ1) is 20.0. The summed E-state index contributed by atoms with van der Waals surface area (Å²) < 4.78 is 7.57. The molecular weight excluding hydrogens is 386 g/mol. The van der Waals surface area contributed by atoms with Gasteiger partial charge in [0, 0.05) is 25.3 Å². The lowest BCUT2D eigenvalue weighted by Gasteiger charge is -2.14. The highest BCUT2D eigenvalue weighted by Gasteiger charge is 2.17. The number of aromatic amines is 1. The molecule has 1 unspecified atom stereocenters. The number of hydrogen-bond donors (Lipinski definition) is 2. The second-order valence-electron chi connectivity index (χ2n) is 7.85. The summed E-state index contributed by atoms with van der Waals surface area (Å²) in [4.78, 5) is 28.5. The molecule has 0 radical (unpaired) electrons. The molecule has 7 heteroatoms. The number of ether oxygens (including phenoxy) is 1. The second kappa shape index (κ2) is 9.05. The molecule has 1 aromatic heterocycles. The van der Waals surface area contributed by atoms with Crippen molar-refractivity contribution >= 4 is 29.0 Å². The number of allylic oxidation sites excluding steroid dienone is 2. The summed E-state index contributed by atoms with van der Waals surface area (Å²) in [5.41, 5.74) is 2.41. The van der Waals surface area contributed by atoms with Crippen molar-refractivity contribution in [3.63, 3.8) is 0 Å². The van der Waals surface area contributed by atoms with Gasteiger partial charge in [-0.25, -0.2) is 0 Å². The Morgan fingerprint density at radius 2 is 2.21 bits per heavy atom. The Morgan fingerprint density at radius 3 is 2.97 bits per heavy atom. The van der Waals surface area contributed by atoms with E-state index in [2.05, 4.69) is 16.4 Å². The standard InChI is InChI=1S/C22H27N3O3S/c26-20(23-14-17-7-4-12-28-17)16-8-9-18-19(13-16)24-22(29)25(21(18)27)11-10-15-5-2-1-3-6-15/h5,8-9,13,17H,1-4,6-7,10-12,14H2,(H,23,26)(H,24,29). The molecule has 154 valence electrons. The quantitative estimate of drug-likeness (QED) is 0.557. The average Bonchev–Trinajstić information content (AvgIpc) is 3.26. The molecule has 1 saturated heterocycles. The fraction of sp³-hybridized carbons (Fsp3) is 0.500. The monoisotopic (exact) mass is 413 g/mol. The maximum Gasteiger partial charge on any atom is 0.262 e. The Hall–Kier alpha value is -2.25. The van der Waals surface area contributed by atoms with Gasteiger partial charge < -0.3 is 15.0 Å². The largest absolute Gasteiger partial charge is 0.376 e. The highest BCUT2D eigenvalue weighted by Crippen LogP contribution is 2.20. The minimum absolute atomic E-state index is 0.0942. The number of hydrogen-bond acceptors (Lipinski definition) is 4. The fourth-order valence-electron chi connectivity index (χ4n) is 4.10. The normalized spacial score (nSPS) is 19.3. The van der Waals surface area contributed by atoms with E-state index in [0.29, 0.717) is 34.3 Å². The number of nitrogens with zero attached hydrogens (tertiary/aromatic N) is 1. The molecule has 0 bridgehead atoms. The summed E-state index contributed by atoms with van der Waals surface area (Å²) in [6.45, 7) is 1.85. The maximum atomic E-state index is 12.9. The summed E-state index contributed by atoms with van der Waals surface area (Å²) in [6, 6.07) is 5.10. The third-order valence-corrected chi connectivity index (χ3v) is 6.12. The van der Waals surface area contributed by atoms with Gasteiger partial charge in [-0.05, 0) is 75.4 Å². The number of carbonyl (C=O) groups is 1. The van der Waals surface area contributed by atoms with Gasteiger partial charge in [-0.1, -0.05) is 11.6 Å². The van der Waals surface area contributed by atoms with Gasteiger partial charge in [0.15, 0.2) is 4.77 Å². The number of fused-ring (bicyclic) bond motifs is 1. The average molecular weight is 414 g/mol. The van der Waals surface area contributed by atoms with E-state index in [4.69, 9.17) is 17.0 Å². The van der Waals surface area contributed by atoms with E-state index >= 15 is 0 Å². The number of aromatic nitrogens is 2. The Labute approximate surface area is 175 Å². The summed E-state index contributed by atoms with van der Waals surface area (Å²) >= 11 is 5.44. The minimum atomic E-state index is -0.171. The zero-order chi connectivity index (χ0) is 20.2. The van der Waals surface area contributed by atoms with Crippen LogP contribution in [0.15, 0.2) is 34.6 Å². The number of benzene rings is 1. The zero-order valence-corrected chi connectivity index (χ0v) is 17.4. The topological polar surface area (TPSA) is 76.1 Å². The van der Waals surface area contributed by atoms with Crippen LogP contribution in [0, 0.1) is 4.77 Å². The summed E-state index contributed by atoms with van der Waals surface area (Å²) in [5.74, 6) is -0.171. The van der Waals surface area contributed by atoms with E-state index in [1.807, 2.05) is 0 Å². The van der Waals surface area contributed by atoms with Crippen molar-refractivity contribution in [2.24, 2.45) is 0 Å². The van der Waals surface area contributed by atoms with Crippen LogP contribution in [-0.2, 0) is 11.3 Å². The zero-order valence-electron chi connectivity index (χ0n) is 16.5. The third kappa shape index (κ3) is 4.67. The molecule has 2 N–H and O–H groups in total. The summed E-state index contributed by atoms with van der Waals surface area (Å²) in [5, 5.41) is 3.46. The lowest BCUT2D eigenvalue weighted by molar-refractivity contribution is 0.0858. The van der Waals surface area contributed by atoms with Crippen LogP contribution < -0.4 is 10.9 Å². The van der Waals surface area contributed by atoms with Crippen molar-refractivity contribution in [3.05, 3.63) is 50.5 Å². The van der Waals surface area contributed by atoms with E-state index in [-0.39, 0.29) is 17.6 Å². The van der Waals surface area contributed by atoms with Crippen molar-refractivity contribution in [2.45, 2.75) is 57.6 Å². The molecule has 1 fully saturated rings. The highest BCUT2D eigenvalue weighted by atomic mass is 32.1. The smallest absolute Gasteiger partial charge is 0.262 e. The SMILES string of the molecule is O=C(NCC1CCCO1)c1ccc2c(=O)n(CCC3=CCCCC3)c(=S)[nH]c2c1. The number of rotatable bonds is 6. The Kier molecular flexibility index (Phi) is 6.25. The van der Waals surface area contributed by atoms with Gasteiger partial charge in [-0.2, -0.15) is 0 Å². The first-order valence-corrected chi connectivity index (χ1v) is 10.9. The fourth-order valence-corrected chi connectivity index (χ4v) is 4.38. The molecule has 1 atom stereocenters. The van der Waals surface area contributed by atoms with Crippen molar-refractivity contribution in [3.8, 4) is 0 Å². The molecule has 2 aromatic rings. The second-order valence-corrected chi connectivity index (χ2v) is 8.24. The molecule has 2 aliphatic rings. The van der Waals surface area contributed by atoms with E-state index in [1.54, 1.807) is 22.8 Å². The van der Waals surface area contributed by atoms with Crippen LogP contribution in [0.3, 0.4) is 0 Å². The van der Waals surface area contributed by atoms with Gasteiger partial charge in [0.2, 0.25) is 0 Å². The van der Waals surface area contributed by atoms with Crippen molar-refractivity contribution in [2.75, 3.05) is 13.2 Å². The molecule has 6 nitrogen and oxygen atoms in total. The Morgan fingerprint density at radius 1 is 1.31 bits per heavy atom. The Balaban J connectivity index is 1.51. The summed E-state index contributed by atoms with van der Waals surface area (Å²) in [7, 11) is 0. The summed E-state index contributed by atoms with van der Waals surface area (Å²) in [6.07, 6.45) is 9.98. The van der Waals surface area contributed by atoms with Crippen molar-refractivity contribution in [1.82, 2.24) is 14.9 Å². The van der Waals surface area contributed by atoms with E-state index in [9.17, 15) is 9.59 Å². The molecule has 0 saturated carbocycles. The van der Waals surface area contributed by atoms with E-state index in [1.165, 1.54) is 18.4 Å². The van der Waals surface area contributed by atoms with E-state index in [0.717, 1.165) is 38.7 Å². The predicted molar refractivity (Wildman–Crippen MR) is 116 cm³/mol. The predicted octanol–water partition coefficient (Wildman–Crippen LogP) is 3.86. The van der Waals surface area contributed by atoms with E-state index < -0.39 is 0 Å². The van der Waals surface area contributed by atoms with Gasteiger partial charge in [0.05, 0.1) is 17.0 Å². The molecular formula is C22H27N3O3S. The highest BCUT2D eigenvalue weighted by molar-refractivity contribution is 7.71. The number of H-pyrrole nitrogens is 1. The van der Waals surface area contributed by atoms with Crippen molar-refractivity contribution < 1.29 is 9.53 Å². The number of carbonyl (C=O) groups excluding carboxylic acids is 1. The van der Waals surface area contributed by atoms with Crippen LogP contribution in [0.2, 0.25) is 0 Å². The molecule has 0 spiro atoms. The van der Waals surface area contributed by atoms with Gasteiger partial charge >= 0.3 is 0 Å². The van der Waals surface area contributed by atoms with Gasteiger partial charge in [0.25, 0.3) is 11.5 Å². The first-order valence-electron chi connectivity index (χ1n) is 10.5. The van der Waals surface area contributed by atoms with Crippen LogP contribution in [-0.4, -0.2) is 34.7 Å². The minimum Gasteiger partial charge on any atom is -0.376 e. The first-order chi connectivity index (χ1) is 14.1. The lowest BCUT2D eigenvalue weighted by Crippen LogP contribution is -2.31. The van der Waals surface area contributed by atoms with Crippen molar-refractivity contribution in [1.29, 1.82) is 0 Å². The number of nitrogens with one attached hydrogen (secondary N) is 2. The number of amides is 1. The molecule has 1 aliphatic heterocycles. The van der Waals surface area contributed by atoms with Crippen LogP contribution in [0.5, 0.6) is 0 Å². The lowest BCUT2D eigenvalue weighted by atomic mass is 9.97. The molecule has 29 heavy (non-hydrogen) atoms. The molecule has 1 amide bonds. The van der Waals surface area contributed by atoms with Crippen LogP contribution >= 0.6 is 12.2 Å². The van der Waals surface area contributed by atoms with Gasteiger partial charge in [0.1, 0.15) is 0 Å². The maximum absolute atomic E-state index is 12.9. The van der Waals surface area contributed by atoms with Gasteiger partial charge in [-0.15, -0.1) is 0 Å². The Bertz CT molecular complexity index is 1050. The molecule has 4 rings (SSSR count). The molecule has 1 aromatic carbocycles.